The predicted molar refractivity (Wildman–Crippen MR) is 80.4 cm³/mol. The molecule has 0 fully saturated rings. The molecular weight excluding hydrogens is 308 g/mol. The van der Waals surface area contributed by atoms with E-state index in [2.05, 4.69) is 20.5 Å². The lowest BCUT2D eigenvalue weighted by Gasteiger charge is -2.06. The fourth-order valence-corrected chi connectivity index (χ4v) is 2.57. The maximum atomic E-state index is 12.1. The van der Waals surface area contributed by atoms with Crippen LogP contribution >= 0.6 is 11.3 Å². The molecule has 0 spiro atoms. The highest BCUT2D eigenvalue weighted by Crippen LogP contribution is 2.15. The van der Waals surface area contributed by atoms with Gasteiger partial charge in [-0.25, -0.2) is 0 Å². The Morgan fingerprint density at radius 1 is 1.36 bits per heavy atom. The number of amides is 1. The van der Waals surface area contributed by atoms with Crippen LogP contribution in [0.5, 0.6) is 0 Å². The van der Waals surface area contributed by atoms with Gasteiger partial charge in [-0.05, 0) is 25.5 Å². The van der Waals surface area contributed by atoms with Crippen molar-refractivity contribution in [3.05, 3.63) is 37.7 Å². The van der Waals surface area contributed by atoms with Gasteiger partial charge in [-0.2, -0.15) is 0 Å². The Balaban J connectivity index is 2.13. The van der Waals surface area contributed by atoms with E-state index in [9.17, 15) is 14.4 Å². The van der Waals surface area contributed by atoms with E-state index in [4.69, 9.17) is 5.11 Å². The van der Waals surface area contributed by atoms with Crippen molar-refractivity contribution in [3.8, 4) is 0 Å². The van der Waals surface area contributed by atoms with Gasteiger partial charge in [-0.15, -0.1) is 10.2 Å². The van der Waals surface area contributed by atoms with Crippen LogP contribution in [0.25, 0.3) is 0 Å². The summed E-state index contributed by atoms with van der Waals surface area (Å²) in [7, 11) is 0. The average molecular weight is 322 g/mol. The largest absolute Gasteiger partial charge is 0.481 e. The number of aryl methyl sites for hydroxylation is 3. The van der Waals surface area contributed by atoms with Gasteiger partial charge >= 0.3 is 5.97 Å². The Morgan fingerprint density at radius 2 is 2.09 bits per heavy atom. The highest BCUT2D eigenvalue weighted by molar-refractivity contribution is 7.13. The number of anilines is 1. The smallest absolute Gasteiger partial charge is 0.303 e. The molecule has 1 amide bonds. The van der Waals surface area contributed by atoms with E-state index < -0.39 is 11.9 Å². The Labute approximate surface area is 129 Å². The summed E-state index contributed by atoms with van der Waals surface area (Å²) in [5.74, 6) is -1.49. The topological polar surface area (TPSA) is 125 Å². The second-order valence-corrected chi connectivity index (χ2v) is 5.75. The fraction of sp³-hybridized carbons (Fsp3) is 0.308. The van der Waals surface area contributed by atoms with Gasteiger partial charge in [0.2, 0.25) is 5.01 Å². The van der Waals surface area contributed by atoms with E-state index >= 15 is 0 Å². The molecule has 0 aliphatic carbocycles. The fourth-order valence-electron chi connectivity index (χ4n) is 1.84. The maximum Gasteiger partial charge on any atom is 0.303 e. The number of nitrogens with zero attached hydrogens (tertiary/aromatic N) is 2. The maximum absolute atomic E-state index is 12.1. The number of aromatic nitrogens is 3. The lowest BCUT2D eigenvalue weighted by molar-refractivity contribution is -0.136. The van der Waals surface area contributed by atoms with Gasteiger partial charge in [0.1, 0.15) is 10.7 Å². The number of hydrogen-bond donors (Lipinski definition) is 3. The number of carbonyl (C=O) groups is 2. The SMILES string of the molecule is Cc1cc(C)c(NC(=O)c2nnc(CCC(=O)O)s2)c(=O)[nH]1. The molecule has 0 aliphatic heterocycles. The third-order valence-corrected chi connectivity index (χ3v) is 3.80. The third kappa shape index (κ3) is 3.76. The Kier molecular flexibility index (Phi) is 4.66. The summed E-state index contributed by atoms with van der Waals surface area (Å²) in [6.07, 6.45) is 0.136. The molecule has 9 heteroatoms. The number of aromatic amines is 1. The number of pyridine rings is 1. The molecule has 8 nitrogen and oxygen atoms in total. The molecule has 2 rings (SSSR count). The van der Waals surface area contributed by atoms with Gasteiger partial charge in [-0.3, -0.25) is 14.4 Å². The normalized spacial score (nSPS) is 10.5. The molecule has 2 aromatic rings. The van der Waals surface area contributed by atoms with Gasteiger partial charge in [0, 0.05) is 12.1 Å². The summed E-state index contributed by atoms with van der Waals surface area (Å²) in [6, 6.07) is 1.75. The first-order valence-corrected chi connectivity index (χ1v) is 7.24. The first kappa shape index (κ1) is 15.8. The monoisotopic (exact) mass is 322 g/mol. The van der Waals surface area contributed by atoms with Crippen LogP contribution in [0.4, 0.5) is 5.69 Å². The van der Waals surface area contributed by atoms with E-state index in [-0.39, 0.29) is 29.1 Å². The van der Waals surface area contributed by atoms with Gasteiger partial charge in [0.05, 0.1) is 6.42 Å². The Morgan fingerprint density at radius 3 is 2.73 bits per heavy atom. The number of H-pyrrole nitrogens is 1. The van der Waals surface area contributed by atoms with Crippen molar-refractivity contribution in [1.29, 1.82) is 0 Å². The summed E-state index contributed by atoms with van der Waals surface area (Å²) in [5.41, 5.74) is 1.12. The molecule has 0 atom stereocenters. The summed E-state index contributed by atoms with van der Waals surface area (Å²) in [6.45, 7) is 3.47. The van der Waals surface area contributed by atoms with E-state index in [0.29, 0.717) is 16.3 Å². The van der Waals surface area contributed by atoms with Crippen molar-refractivity contribution in [2.75, 3.05) is 5.32 Å². The number of aliphatic carboxylic acids is 1. The molecule has 22 heavy (non-hydrogen) atoms. The molecule has 3 N–H and O–H groups in total. The van der Waals surface area contributed by atoms with Gasteiger partial charge in [0.25, 0.3) is 11.5 Å². The molecule has 2 aromatic heterocycles. The zero-order valence-corrected chi connectivity index (χ0v) is 12.8. The van der Waals surface area contributed by atoms with Gasteiger partial charge in [0.15, 0.2) is 0 Å². The van der Waals surface area contributed by atoms with Crippen LogP contribution in [0, 0.1) is 13.8 Å². The minimum absolute atomic E-state index is 0.0764. The summed E-state index contributed by atoms with van der Waals surface area (Å²) >= 11 is 1.01. The molecule has 0 aromatic carbocycles. The minimum Gasteiger partial charge on any atom is -0.481 e. The molecule has 0 aliphatic rings. The third-order valence-electron chi connectivity index (χ3n) is 2.82. The van der Waals surface area contributed by atoms with Crippen molar-refractivity contribution >= 4 is 28.9 Å². The predicted octanol–water partition coefficient (Wildman–Crippen LogP) is 1.11. The van der Waals surface area contributed by atoms with Crippen molar-refractivity contribution < 1.29 is 14.7 Å². The molecular formula is C13H14N4O4S. The second kappa shape index (κ2) is 6.48. The molecule has 0 bridgehead atoms. The van der Waals surface area contributed by atoms with Crippen molar-refractivity contribution in [2.24, 2.45) is 0 Å². The van der Waals surface area contributed by atoms with Gasteiger partial charge < -0.3 is 15.4 Å². The lowest BCUT2D eigenvalue weighted by atomic mass is 10.2. The molecule has 116 valence electrons. The summed E-state index contributed by atoms with van der Waals surface area (Å²) in [4.78, 5) is 37.0. The van der Waals surface area contributed by atoms with Crippen LogP contribution in [-0.2, 0) is 11.2 Å². The first-order valence-electron chi connectivity index (χ1n) is 6.43. The van der Waals surface area contributed by atoms with Crippen LogP contribution in [0.1, 0.15) is 32.5 Å². The van der Waals surface area contributed by atoms with Crippen molar-refractivity contribution in [2.45, 2.75) is 26.7 Å². The zero-order valence-electron chi connectivity index (χ0n) is 12.0. The number of hydrogen-bond acceptors (Lipinski definition) is 6. The van der Waals surface area contributed by atoms with E-state index in [1.54, 1.807) is 19.9 Å². The molecule has 0 saturated carbocycles. The second-order valence-electron chi connectivity index (χ2n) is 4.69. The number of rotatable bonds is 5. The standard InChI is InChI=1S/C13H14N4O4S/c1-6-5-7(2)14-11(20)10(6)15-12(21)13-17-16-8(22-13)3-4-9(18)19/h5H,3-4H2,1-2H3,(H,14,20)(H,15,21)(H,18,19). The van der Waals surface area contributed by atoms with Gasteiger partial charge in [-0.1, -0.05) is 11.3 Å². The highest BCUT2D eigenvalue weighted by Gasteiger charge is 2.16. The average Bonchev–Trinajstić information content (AvgIpc) is 2.89. The van der Waals surface area contributed by atoms with E-state index in [0.717, 1.165) is 11.3 Å². The molecule has 0 radical (unpaired) electrons. The van der Waals surface area contributed by atoms with E-state index in [1.165, 1.54) is 0 Å². The number of carbonyl (C=O) groups excluding carboxylic acids is 1. The van der Waals surface area contributed by atoms with Crippen LogP contribution in [-0.4, -0.2) is 32.2 Å². The van der Waals surface area contributed by atoms with Crippen molar-refractivity contribution in [3.63, 3.8) is 0 Å². The highest BCUT2D eigenvalue weighted by atomic mass is 32.1. The number of carboxylic acids is 1. The van der Waals surface area contributed by atoms with Crippen LogP contribution in [0.2, 0.25) is 0 Å². The van der Waals surface area contributed by atoms with E-state index in [1.807, 2.05) is 0 Å². The summed E-state index contributed by atoms with van der Waals surface area (Å²) < 4.78 is 0. The Hall–Kier alpha value is -2.55. The first-order chi connectivity index (χ1) is 10.4. The zero-order chi connectivity index (χ0) is 16.3. The van der Waals surface area contributed by atoms with Crippen molar-refractivity contribution in [1.82, 2.24) is 15.2 Å². The minimum atomic E-state index is -0.942. The van der Waals surface area contributed by atoms with Crippen LogP contribution < -0.4 is 10.9 Å². The number of carboxylic acid groups (broad SMARTS) is 1. The summed E-state index contributed by atoms with van der Waals surface area (Å²) in [5, 5.41) is 19.1. The molecule has 0 unspecified atom stereocenters. The molecule has 2 heterocycles. The number of nitrogens with one attached hydrogen (secondary N) is 2. The Bertz CT molecular complexity index is 781. The van der Waals surface area contributed by atoms with Crippen LogP contribution in [0.15, 0.2) is 10.9 Å². The quantitative estimate of drug-likeness (QED) is 0.757. The molecule has 0 saturated heterocycles. The van der Waals surface area contributed by atoms with Crippen LogP contribution in [0.3, 0.4) is 0 Å². The lowest BCUT2D eigenvalue weighted by Crippen LogP contribution is -2.21.